The number of rotatable bonds is 8. The summed E-state index contributed by atoms with van der Waals surface area (Å²) < 4.78 is 45.6. The Bertz CT molecular complexity index is 3510. The molecule has 0 spiro atoms. The van der Waals surface area contributed by atoms with Crippen molar-refractivity contribution < 1.29 is 31.3 Å². The Kier molecular flexibility index (Phi) is 9.54. The zero-order valence-electron chi connectivity index (χ0n) is 39.3. The molecule has 3 heterocycles. The van der Waals surface area contributed by atoms with E-state index in [2.05, 4.69) is 67.8 Å². The second-order valence-corrected chi connectivity index (χ2v) is 16.6. The van der Waals surface area contributed by atoms with Crippen molar-refractivity contribution in [3.63, 3.8) is 0 Å². The Morgan fingerprint density at radius 2 is 1.20 bits per heavy atom. The Morgan fingerprint density at radius 1 is 0.562 bits per heavy atom. The van der Waals surface area contributed by atoms with Gasteiger partial charge in [0.25, 0.3) is 0 Å². The van der Waals surface area contributed by atoms with Gasteiger partial charge >= 0.3 is 0 Å². The van der Waals surface area contributed by atoms with Gasteiger partial charge in [-0.2, -0.15) is 12.1 Å². The quantitative estimate of drug-likeness (QED) is 0.142. The molecule has 5 nitrogen and oxygen atoms in total. The molecule has 0 fully saturated rings. The Morgan fingerprint density at radius 3 is 1.97 bits per heavy atom. The number of aromatic nitrogens is 2. The van der Waals surface area contributed by atoms with E-state index in [9.17, 15) is 2.74 Å². The Balaban J connectivity index is 0.00000539. The number of ether oxygens (including phenoxy) is 1. The van der Waals surface area contributed by atoms with Crippen molar-refractivity contribution in [3.05, 3.63) is 225 Å². The minimum absolute atomic E-state index is 0. The van der Waals surface area contributed by atoms with Crippen LogP contribution in [-0.2, 0) is 26.5 Å². The summed E-state index contributed by atoms with van der Waals surface area (Å²) in [6, 6.07) is 62.5. The largest absolute Gasteiger partial charge is 0.509 e. The zero-order chi connectivity index (χ0) is 46.0. The van der Waals surface area contributed by atoms with Crippen molar-refractivity contribution in [2.75, 3.05) is 9.80 Å². The molecular weight excluding hydrogens is 964 g/mol. The molecular formula is C58H43N4OPt-3. The molecule has 10 aromatic rings. The van der Waals surface area contributed by atoms with Crippen molar-refractivity contribution in [3.8, 4) is 50.7 Å². The van der Waals surface area contributed by atoms with Gasteiger partial charge < -0.3 is 19.1 Å². The normalized spacial score (nSPS) is 13.2. The maximum atomic E-state index is 9.40. The molecule has 0 atom stereocenters. The van der Waals surface area contributed by atoms with E-state index in [-0.39, 0.29) is 50.6 Å². The van der Waals surface area contributed by atoms with Gasteiger partial charge in [0.05, 0.1) is 5.48 Å². The SMILES string of the molecule is [2H]c1cccc([2H])c1-c1cccc(-c2c([2H])cc(-c3ccccc3)cc2[2H])c1N1[CH-]N(c2[c-]c(Oc3[c-]c4c(cc3)c3ccccc3n4-c3cc(C(C)(C)C)ccn3)ccc2)c2ccccc21.[Pt]. The molecule has 0 unspecified atom stereocenters. The van der Waals surface area contributed by atoms with E-state index >= 15 is 0 Å². The van der Waals surface area contributed by atoms with E-state index in [0.717, 1.165) is 50.1 Å². The number of pyridine rings is 1. The average Bonchev–Trinajstić information content (AvgIpc) is 3.87. The van der Waals surface area contributed by atoms with Gasteiger partial charge in [-0.05, 0) is 69.0 Å². The Labute approximate surface area is 394 Å². The van der Waals surface area contributed by atoms with E-state index < -0.39 is 0 Å². The molecule has 11 rings (SSSR count). The molecule has 0 radical (unpaired) electrons. The van der Waals surface area contributed by atoms with Gasteiger partial charge in [-0.15, -0.1) is 48.1 Å². The number of para-hydroxylation sites is 4. The molecule has 6 heteroatoms. The molecule has 314 valence electrons. The van der Waals surface area contributed by atoms with Crippen molar-refractivity contribution in [2.45, 2.75) is 26.2 Å². The first-order valence-corrected chi connectivity index (χ1v) is 21.0. The molecule has 0 saturated carbocycles. The van der Waals surface area contributed by atoms with Crippen LogP contribution in [0.1, 0.15) is 31.8 Å². The van der Waals surface area contributed by atoms with Crippen LogP contribution in [0.5, 0.6) is 11.5 Å². The van der Waals surface area contributed by atoms with Crippen LogP contribution < -0.4 is 14.5 Å². The fraction of sp³-hybridized carbons (Fsp3) is 0.0690. The number of benzene rings is 8. The molecule has 1 aliphatic rings. The molecule has 0 amide bonds. The molecule has 0 aliphatic carbocycles. The summed E-state index contributed by atoms with van der Waals surface area (Å²) in [5.41, 5.74) is 9.93. The van der Waals surface area contributed by atoms with Crippen LogP contribution in [0.2, 0.25) is 0 Å². The minimum Gasteiger partial charge on any atom is -0.509 e. The van der Waals surface area contributed by atoms with Crippen molar-refractivity contribution in [1.82, 2.24) is 9.55 Å². The van der Waals surface area contributed by atoms with E-state index in [4.69, 9.17) is 12.5 Å². The monoisotopic (exact) mass is 1010 g/mol. The third-order valence-electron chi connectivity index (χ3n) is 11.6. The predicted octanol–water partition coefficient (Wildman–Crippen LogP) is 15.3. The van der Waals surface area contributed by atoms with Gasteiger partial charge in [0.2, 0.25) is 0 Å². The number of hydrogen-bond acceptors (Lipinski definition) is 4. The molecule has 1 aliphatic heterocycles. The van der Waals surface area contributed by atoms with Gasteiger partial charge in [-0.25, -0.2) is 4.98 Å². The van der Waals surface area contributed by atoms with Crippen molar-refractivity contribution in [1.29, 1.82) is 0 Å². The van der Waals surface area contributed by atoms with E-state index in [0.29, 0.717) is 45.1 Å². The maximum absolute atomic E-state index is 9.40. The molecule has 2 aromatic heterocycles. The number of nitrogens with zero attached hydrogens (tertiary/aromatic N) is 4. The van der Waals surface area contributed by atoms with Crippen LogP contribution in [0.4, 0.5) is 22.7 Å². The van der Waals surface area contributed by atoms with Crippen LogP contribution >= 0.6 is 0 Å². The van der Waals surface area contributed by atoms with E-state index in [1.807, 2.05) is 132 Å². The van der Waals surface area contributed by atoms with Crippen LogP contribution in [0.15, 0.2) is 200 Å². The molecule has 8 aromatic carbocycles. The summed E-state index contributed by atoms with van der Waals surface area (Å²) in [5.74, 6) is 1.83. The number of anilines is 4. The van der Waals surface area contributed by atoms with E-state index in [1.165, 1.54) is 5.56 Å². The summed E-state index contributed by atoms with van der Waals surface area (Å²) in [6.07, 6.45) is 1.87. The number of hydrogen-bond donors (Lipinski definition) is 0. The molecule has 0 N–H and O–H groups in total. The smallest absolute Gasteiger partial charge is 0.135 e. The van der Waals surface area contributed by atoms with Crippen LogP contribution in [0.25, 0.3) is 61.0 Å². The minimum atomic E-state index is -0.0593. The first kappa shape index (κ1) is 36.3. The van der Waals surface area contributed by atoms with Gasteiger partial charge in [-0.3, -0.25) is 0 Å². The predicted molar refractivity (Wildman–Crippen MR) is 259 cm³/mol. The van der Waals surface area contributed by atoms with Crippen LogP contribution in [0, 0.1) is 18.8 Å². The summed E-state index contributed by atoms with van der Waals surface area (Å²) >= 11 is 0. The summed E-state index contributed by atoms with van der Waals surface area (Å²) in [4.78, 5) is 8.92. The summed E-state index contributed by atoms with van der Waals surface area (Å²) in [6.45, 7) is 8.58. The maximum Gasteiger partial charge on any atom is 0.135 e. The molecule has 0 saturated heterocycles. The second-order valence-electron chi connectivity index (χ2n) is 16.6. The standard InChI is InChI=1S/C58H43N4O.Pt/c1-58(2,3)44-34-35-59-56(36-44)62-52-25-11-10-22-50(52)51-33-32-47(38-55(51)62)63-46-21-14-20-45(37-46)60-39-61(54-27-13-12-26-53(54)60)57-48(42-18-8-5-9-19-42)23-15-24-49(57)43-30-28-41(29-31-43)40-16-6-4-7-17-40;/h4-36,39H,1-3H3;/q-3;/i18D,19D,30D,31D;. The first-order chi connectivity index (χ1) is 32.5. The fourth-order valence-electron chi connectivity index (χ4n) is 8.47. The topological polar surface area (TPSA) is 33.5 Å². The first-order valence-electron chi connectivity index (χ1n) is 23.0. The van der Waals surface area contributed by atoms with Gasteiger partial charge in [-0.1, -0.05) is 160 Å². The average molecular weight is 1010 g/mol. The van der Waals surface area contributed by atoms with Gasteiger partial charge in [0, 0.05) is 72.5 Å². The number of fused-ring (bicyclic) bond motifs is 4. The van der Waals surface area contributed by atoms with Gasteiger partial charge in [0.15, 0.2) is 0 Å². The van der Waals surface area contributed by atoms with Crippen molar-refractivity contribution >= 4 is 44.6 Å². The van der Waals surface area contributed by atoms with Crippen LogP contribution in [0.3, 0.4) is 0 Å². The fourth-order valence-corrected chi connectivity index (χ4v) is 8.47. The van der Waals surface area contributed by atoms with E-state index in [1.54, 1.807) is 30.3 Å². The third-order valence-corrected chi connectivity index (χ3v) is 11.6. The Hall–Kier alpha value is -7.20. The zero-order valence-corrected chi connectivity index (χ0v) is 37.6. The van der Waals surface area contributed by atoms with Gasteiger partial charge in [0.1, 0.15) is 5.82 Å². The van der Waals surface area contributed by atoms with Crippen molar-refractivity contribution in [2.24, 2.45) is 0 Å². The molecule has 0 bridgehead atoms. The van der Waals surface area contributed by atoms with Crippen LogP contribution in [-0.4, -0.2) is 9.55 Å². The summed E-state index contributed by atoms with van der Waals surface area (Å²) in [5, 5.41) is 2.14. The summed E-state index contributed by atoms with van der Waals surface area (Å²) in [7, 11) is 0. The molecule has 64 heavy (non-hydrogen) atoms. The third kappa shape index (κ3) is 7.46. The second kappa shape index (κ2) is 16.8.